The Morgan fingerprint density at radius 2 is 2.54 bits per heavy atom. The maximum absolute atomic E-state index is 13.2. The molecule has 0 aromatic heterocycles. The van der Waals surface area contributed by atoms with Crippen LogP contribution in [-0.2, 0) is 0 Å². The molecule has 3 N–H and O–H groups in total. The highest BCUT2D eigenvalue weighted by Gasteiger charge is 2.13. The van der Waals surface area contributed by atoms with E-state index in [0.29, 0.717) is 0 Å². The number of hydrogen-bond donors (Lipinski definition) is 3. The van der Waals surface area contributed by atoms with Crippen LogP contribution < -0.4 is 10.6 Å². The number of nitrogens with one attached hydrogen (secondary N) is 2. The van der Waals surface area contributed by atoms with Crippen molar-refractivity contribution in [3.8, 4) is 0 Å². The fourth-order valence-corrected chi connectivity index (χ4v) is 0.882. The van der Waals surface area contributed by atoms with E-state index in [1.165, 1.54) is 24.6 Å². The number of hydrogen-bond acceptors (Lipinski definition) is 3. The lowest BCUT2D eigenvalue weighted by Crippen LogP contribution is -2.13. The zero-order valence-corrected chi connectivity index (χ0v) is 7.08. The molecule has 4 nitrogen and oxygen atoms in total. The van der Waals surface area contributed by atoms with Gasteiger partial charge in [0.15, 0.2) is 5.84 Å². The third-order valence-corrected chi connectivity index (χ3v) is 1.48. The Bertz CT molecular complexity index is 305. The SMILES string of the molecule is CN/C=C/C(F)=C1/C=CN/C1=N\O. The van der Waals surface area contributed by atoms with Gasteiger partial charge in [0.2, 0.25) is 0 Å². The topological polar surface area (TPSA) is 56.7 Å². The summed E-state index contributed by atoms with van der Waals surface area (Å²) in [6, 6.07) is 0. The maximum Gasteiger partial charge on any atom is 0.179 e. The third kappa shape index (κ3) is 2.08. The summed E-state index contributed by atoms with van der Waals surface area (Å²) in [4.78, 5) is 0. The summed E-state index contributed by atoms with van der Waals surface area (Å²) in [6.07, 6.45) is 5.68. The molecule has 0 aromatic carbocycles. The average Bonchev–Trinajstić information content (AvgIpc) is 2.61. The fourth-order valence-electron chi connectivity index (χ4n) is 0.882. The summed E-state index contributed by atoms with van der Waals surface area (Å²) >= 11 is 0. The number of allylic oxidation sites excluding steroid dienone is 2. The van der Waals surface area contributed by atoms with Crippen LogP contribution >= 0.6 is 0 Å². The Morgan fingerprint density at radius 1 is 1.77 bits per heavy atom. The molecule has 0 bridgehead atoms. The fraction of sp³-hybridized carbons (Fsp3) is 0.125. The molecule has 0 fully saturated rings. The van der Waals surface area contributed by atoms with E-state index < -0.39 is 5.83 Å². The van der Waals surface area contributed by atoms with E-state index in [9.17, 15) is 4.39 Å². The van der Waals surface area contributed by atoms with Gasteiger partial charge in [-0.2, -0.15) is 0 Å². The first-order valence-electron chi connectivity index (χ1n) is 3.68. The second-order valence-electron chi connectivity index (χ2n) is 2.31. The quantitative estimate of drug-likeness (QED) is 0.439. The highest BCUT2D eigenvalue weighted by Crippen LogP contribution is 2.13. The normalized spacial score (nSPS) is 22.5. The Morgan fingerprint density at radius 3 is 3.15 bits per heavy atom. The van der Waals surface area contributed by atoms with Crippen molar-refractivity contribution in [3.63, 3.8) is 0 Å². The second kappa shape index (κ2) is 4.30. The van der Waals surface area contributed by atoms with Crippen molar-refractivity contribution >= 4 is 5.84 Å². The summed E-state index contributed by atoms with van der Waals surface area (Å²) in [6.45, 7) is 0. The van der Waals surface area contributed by atoms with E-state index in [-0.39, 0.29) is 11.4 Å². The predicted octanol–water partition coefficient (Wildman–Crippen LogP) is 0.848. The van der Waals surface area contributed by atoms with Gasteiger partial charge in [0.25, 0.3) is 0 Å². The summed E-state index contributed by atoms with van der Waals surface area (Å²) < 4.78 is 13.2. The molecule has 0 saturated heterocycles. The third-order valence-electron chi connectivity index (χ3n) is 1.48. The van der Waals surface area contributed by atoms with E-state index >= 15 is 0 Å². The van der Waals surface area contributed by atoms with E-state index in [0.717, 1.165) is 0 Å². The van der Waals surface area contributed by atoms with Crippen LogP contribution in [-0.4, -0.2) is 18.1 Å². The molecule has 0 unspecified atom stereocenters. The Balaban J connectivity index is 2.89. The van der Waals surface area contributed by atoms with Gasteiger partial charge in [-0.25, -0.2) is 4.39 Å². The van der Waals surface area contributed by atoms with E-state index in [4.69, 9.17) is 5.21 Å². The minimum Gasteiger partial charge on any atom is -0.409 e. The molecule has 0 saturated carbocycles. The minimum atomic E-state index is -0.469. The Kier molecular flexibility index (Phi) is 3.08. The molecule has 0 amide bonds. The van der Waals surface area contributed by atoms with Crippen molar-refractivity contribution in [1.82, 2.24) is 10.6 Å². The van der Waals surface area contributed by atoms with Crippen molar-refractivity contribution in [2.45, 2.75) is 0 Å². The van der Waals surface area contributed by atoms with Gasteiger partial charge < -0.3 is 15.8 Å². The second-order valence-corrected chi connectivity index (χ2v) is 2.31. The van der Waals surface area contributed by atoms with Crippen molar-refractivity contribution in [3.05, 3.63) is 36.0 Å². The molecular weight excluding hydrogens is 173 g/mol. The van der Waals surface area contributed by atoms with Gasteiger partial charge in [0.05, 0.1) is 5.57 Å². The molecule has 5 heteroatoms. The summed E-state index contributed by atoms with van der Waals surface area (Å²) in [7, 11) is 1.66. The molecule has 0 radical (unpaired) electrons. The van der Waals surface area contributed by atoms with Gasteiger partial charge in [-0.05, 0) is 18.4 Å². The Hall–Kier alpha value is -1.78. The van der Waals surface area contributed by atoms with Gasteiger partial charge in [-0.1, -0.05) is 5.16 Å². The van der Waals surface area contributed by atoms with Crippen LogP contribution in [0.1, 0.15) is 0 Å². The lowest BCUT2D eigenvalue weighted by molar-refractivity contribution is 0.317. The zero-order chi connectivity index (χ0) is 9.68. The van der Waals surface area contributed by atoms with E-state index in [1.54, 1.807) is 7.05 Å². The van der Waals surface area contributed by atoms with Crippen LogP contribution in [0.2, 0.25) is 0 Å². The van der Waals surface area contributed by atoms with Crippen LogP contribution in [0.15, 0.2) is 41.1 Å². The molecule has 1 aliphatic rings. The molecule has 0 aliphatic carbocycles. The first-order valence-corrected chi connectivity index (χ1v) is 3.68. The predicted molar refractivity (Wildman–Crippen MR) is 47.8 cm³/mol. The lowest BCUT2D eigenvalue weighted by atomic mass is 10.2. The number of halogens is 1. The maximum atomic E-state index is 13.2. The number of rotatable bonds is 2. The van der Waals surface area contributed by atoms with E-state index in [2.05, 4.69) is 15.8 Å². The molecule has 0 spiro atoms. The van der Waals surface area contributed by atoms with Crippen LogP contribution in [0.4, 0.5) is 4.39 Å². The number of nitrogens with zero attached hydrogens (tertiary/aromatic N) is 1. The average molecular weight is 183 g/mol. The smallest absolute Gasteiger partial charge is 0.179 e. The van der Waals surface area contributed by atoms with Gasteiger partial charge in [-0.3, -0.25) is 0 Å². The highest BCUT2D eigenvalue weighted by molar-refractivity contribution is 6.04. The molecule has 0 aromatic rings. The first kappa shape index (κ1) is 9.31. The largest absolute Gasteiger partial charge is 0.409 e. The molecule has 70 valence electrons. The highest BCUT2D eigenvalue weighted by atomic mass is 19.1. The molecule has 0 atom stereocenters. The summed E-state index contributed by atoms with van der Waals surface area (Å²) in [5, 5.41) is 16.6. The van der Waals surface area contributed by atoms with E-state index in [1.807, 2.05) is 0 Å². The van der Waals surface area contributed by atoms with Crippen LogP contribution in [0.25, 0.3) is 0 Å². The number of oxime groups is 1. The van der Waals surface area contributed by atoms with Crippen molar-refractivity contribution < 1.29 is 9.60 Å². The van der Waals surface area contributed by atoms with Gasteiger partial charge in [0.1, 0.15) is 5.83 Å². The Labute approximate surface area is 75.1 Å². The standard InChI is InChI=1S/C8H10FN3O/c1-10-4-3-7(9)6-2-5-11-8(6)12-13/h2-5,10,13H,1H3,(H,11,12)/b4-3+,7-6+. The zero-order valence-electron chi connectivity index (χ0n) is 7.08. The van der Waals surface area contributed by atoms with Crippen molar-refractivity contribution in [1.29, 1.82) is 0 Å². The lowest BCUT2D eigenvalue weighted by Gasteiger charge is -1.97. The molecule has 1 aliphatic heterocycles. The van der Waals surface area contributed by atoms with Crippen LogP contribution in [0, 0.1) is 0 Å². The molecule has 1 heterocycles. The van der Waals surface area contributed by atoms with Crippen molar-refractivity contribution in [2.24, 2.45) is 5.16 Å². The summed E-state index contributed by atoms with van der Waals surface area (Å²) in [5.41, 5.74) is 0.231. The van der Waals surface area contributed by atoms with Gasteiger partial charge in [-0.15, -0.1) is 0 Å². The van der Waals surface area contributed by atoms with Gasteiger partial charge >= 0.3 is 0 Å². The van der Waals surface area contributed by atoms with Gasteiger partial charge in [0, 0.05) is 13.2 Å². The molecule has 13 heavy (non-hydrogen) atoms. The summed E-state index contributed by atoms with van der Waals surface area (Å²) in [5.74, 6) is -0.360. The van der Waals surface area contributed by atoms with Crippen LogP contribution in [0.3, 0.4) is 0 Å². The minimum absolute atomic E-state index is 0.109. The number of amidine groups is 1. The van der Waals surface area contributed by atoms with Crippen molar-refractivity contribution in [2.75, 3.05) is 7.05 Å². The van der Waals surface area contributed by atoms with Crippen LogP contribution in [0.5, 0.6) is 0 Å². The molecule has 1 rings (SSSR count). The first-order chi connectivity index (χ1) is 6.29. The monoisotopic (exact) mass is 183 g/mol. The molecular formula is C8H10FN3O.